The maximum absolute atomic E-state index is 13.4. The first-order valence-corrected chi connectivity index (χ1v) is 11.1. The number of carbonyl (C=O) groups is 1. The molecular weight excluding hydrogens is 384 g/mol. The molecule has 2 aromatic rings. The lowest BCUT2D eigenvalue weighted by Gasteiger charge is -2.34. The Morgan fingerprint density at radius 3 is 2.63 bits per heavy atom. The monoisotopic (exact) mass is 406 g/mol. The molecule has 1 aliphatic heterocycles. The minimum atomic E-state index is -3.69. The molecule has 0 bridgehead atoms. The van der Waals surface area contributed by atoms with Crippen LogP contribution in [-0.4, -0.2) is 33.2 Å². The summed E-state index contributed by atoms with van der Waals surface area (Å²) in [4.78, 5) is 15.1. The van der Waals surface area contributed by atoms with E-state index in [2.05, 4.69) is 0 Å². The van der Waals surface area contributed by atoms with E-state index in [0.29, 0.717) is 23.7 Å². The highest BCUT2D eigenvalue weighted by atomic mass is 35.5. The van der Waals surface area contributed by atoms with E-state index < -0.39 is 16.1 Å². The Morgan fingerprint density at radius 2 is 1.96 bits per heavy atom. The molecule has 0 aliphatic carbocycles. The molecule has 1 atom stereocenters. The first-order chi connectivity index (χ1) is 12.7. The molecule has 0 radical (unpaired) electrons. The maximum atomic E-state index is 13.4. The number of hydrogen-bond acceptors (Lipinski definition) is 3. The number of anilines is 2. The number of aryl methyl sites for hydroxylation is 1. The number of hydrogen-bond donors (Lipinski definition) is 0. The Kier molecular flexibility index (Phi) is 5.49. The van der Waals surface area contributed by atoms with E-state index in [1.165, 1.54) is 4.31 Å². The van der Waals surface area contributed by atoms with Gasteiger partial charge in [-0.3, -0.25) is 9.10 Å². The summed E-state index contributed by atoms with van der Waals surface area (Å²) in [6, 6.07) is 12.0. The predicted molar refractivity (Wildman–Crippen MR) is 110 cm³/mol. The summed E-state index contributed by atoms with van der Waals surface area (Å²) in [5.41, 5.74) is 3.15. The molecular formula is C20H23ClN2O3S. The van der Waals surface area contributed by atoms with Gasteiger partial charge in [-0.2, -0.15) is 0 Å². The van der Waals surface area contributed by atoms with Gasteiger partial charge in [-0.1, -0.05) is 42.8 Å². The molecule has 0 unspecified atom stereocenters. The van der Waals surface area contributed by atoms with Gasteiger partial charge < -0.3 is 4.90 Å². The van der Waals surface area contributed by atoms with Crippen LogP contribution in [0.2, 0.25) is 5.02 Å². The second-order valence-corrected chi connectivity index (χ2v) is 9.08. The fourth-order valence-electron chi connectivity index (χ4n) is 3.59. The van der Waals surface area contributed by atoms with Crippen molar-refractivity contribution in [2.75, 3.05) is 22.0 Å². The van der Waals surface area contributed by atoms with E-state index in [4.69, 9.17) is 11.6 Å². The van der Waals surface area contributed by atoms with E-state index in [-0.39, 0.29) is 5.91 Å². The van der Waals surface area contributed by atoms with Crippen molar-refractivity contribution < 1.29 is 13.2 Å². The summed E-state index contributed by atoms with van der Waals surface area (Å²) in [6.07, 6.45) is 2.26. The minimum absolute atomic E-state index is 0.216. The Balaban J connectivity index is 2.05. The molecule has 2 aromatic carbocycles. The second-order valence-electron chi connectivity index (χ2n) is 6.78. The number of para-hydroxylation sites is 1. The van der Waals surface area contributed by atoms with Gasteiger partial charge in [0.05, 0.1) is 11.9 Å². The number of sulfonamides is 1. The van der Waals surface area contributed by atoms with Gasteiger partial charge in [0.15, 0.2) is 0 Å². The summed E-state index contributed by atoms with van der Waals surface area (Å²) in [5, 5.41) is 0.429. The van der Waals surface area contributed by atoms with Crippen LogP contribution in [0.3, 0.4) is 0 Å². The molecule has 0 spiro atoms. The third kappa shape index (κ3) is 3.82. The van der Waals surface area contributed by atoms with Crippen LogP contribution in [-0.2, 0) is 21.2 Å². The van der Waals surface area contributed by atoms with Crippen LogP contribution in [0.1, 0.15) is 24.5 Å². The van der Waals surface area contributed by atoms with Crippen molar-refractivity contribution in [1.82, 2.24) is 0 Å². The Bertz CT molecular complexity index is 975. The number of rotatable bonds is 5. The number of benzene rings is 2. The fourth-order valence-corrected chi connectivity index (χ4v) is 5.01. The fraction of sp³-hybridized carbons (Fsp3) is 0.350. The third-order valence-electron chi connectivity index (χ3n) is 4.87. The summed E-state index contributed by atoms with van der Waals surface area (Å²) >= 11 is 6.12. The summed E-state index contributed by atoms with van der Waals surface area (Å²) in [5.74, 6) is -0.216. The average molecular weight is 407 g/mol. The predicted octanol–water partition coefficient (Wildman–Crippen LogP) is 3.78. The normalized spacial score (nSPS) is 14.7. The molecule has 0 fully saturated rings. The number of amides is 1. The van der Waals surface area contributed by atoms with Crippen LogP contribution in [0.25, 0.3) is 0 Å². The molecule has 1 aliphatic rings. The van der Waals surface area contributed by atoms with Crippen molar-refractivity contribution in [2.24, 2.45) is 0 Å². The van der Waals surface area contributed by atoms with Gasteiger partial charge in [0.2, 0.25) is 10.0 Å². The van der Waals surface area contributed by atoms with Gasteiger partial charge in [-0.25, -0.2) is 8.42 Å². The molecule has 0 aromatic heterocycles. The first kappa shape index (κ1) is 19.7. The quantitative estimate of drug-likeness (QED) is 0.759. The zero-order chi connectivity index (χ0) is 19.8. The number of nitrogens with zero attached hydrogens (tertiary/aromatic N) is 2. The van der Waals surface area contributed by atoms with E-state index >= 15 is 0 Å². The second kappa shape index (κ2) is 7.52. The lowest BCUT2D eigenvalue weighted by molar-refractivity contribution is -0.119. The summed E-state index contributed by atoms with van der Waals surface area (Å²) in [7, 11) is -3.69. The lowest BCUT2D eigenvalue weighted by Crippen LogP contribution is -2.50. The molecule has 144 valence electrons. The van der Waals surface area contributed by atoms with Crippen molar-refractivity contribution in [2.45, 2.75) is 32.7 Å². The molecule has 5 nitrogen and oxygen atoms in total. The topological polar surface area (TPSA) is 57.7 Å². The van der Waals surface area contributed by atoms with Crippen molar-refractivity contribution >= 4 is 38.9 Å². The highest BCUT2D eigenvalue weighted by Gasteiger charge is 2.37. The van der Waals surface area contributed by atoms with Crippen LogP contribution in [0.5, 0.6) is 0 Å². The third-order valence-corrected chi connectivity index (χ3v) is 6.27. The van der Waals surface area contributed by atoms with Crippen LogP contribution in [0.15, 0.2) is 42.5 Å². The largest absolute Gasteiger partial charge is 0.310 e. The zero-order valence-electron chi connectivity index (χ0n) is 15.6. The molecule has 1 amide bonds. The van der Waals surface area contributed by atoms with Crippen molar-refractivity contribution in [3.05, 3.63) is 58.6 Å². The smallest absolute Gasteiger partial charge is 0.250 e. The highest BCUT2D eigenvalue weighted by molar-refractivity contribution is 7.92. The van der Waals surface area contributed by atoms with Gasteiger partial charge in [0, 0.05) is 17.3 Å². The van der Waals surface area contributed by atoms with E-state index in [1.54, 1.807) is 23.1 Å². The first-order valence-electron chi connectivity index (χ1n) is 8.89. The molecule has 1 heterocycles. The van der Waals surface area contributed by atoms with Crippen molar-refractivity contribution in [3.8, 4) is 0 Å². The molecule has 3 rings (SSSR count). The molecule has 27 heavy (non-hydrogen) atoms. The SMILES string of the molecule is CC[C@H](C(=O)N1CCc2ccccc21)N(c1cc(Cl)ccc1C)S(C)(=O)=O. The molecule has 0 saturated heterocycles. The van der Waals surface area contributed by atoms with Crippen molar-refractivity contribution in [1.29, 1.82) is 0 Å². The Labute approximate surface area is 165 Å². The number of fused-ring (bicyclic) bond motifs is 1. The van der Waals surface area contributed by atoms with E-state index in [0.717, 1.165) is 29.5 Å². The van der Waals surface area contributed by atoms with Crippen LogP contribution in [0.4, 0.5) is 11.4 Å². The van der Waals surface area contributed by atoms with Gasteiger partial charge in [-0.15, -0.1) is 0 Å². The highest BCUT2D eigenvalue weighted by Crippen LogP contribution is 2.33. The zero-order valence-corrected chi connectivity index (χ0v) is 17.2. The lowest BCUT2D eigenvalue weighted by atomic mass is 10.1. The van der Waals surface area contributed by atoms with Gasteiger partial charge >= 0.3 is 0 Å². The minimum Gasteiger partial charge on any atom is -0.310 e. The number of carbonyl (C=O) groups excluding carboxylic acids is 1. The Hall–Kier alpha value is -2.05. The standard InChI is InChI=1S/C20H23ClN2O3S/c1-4-17(20(24)22-12-11-15-7-5-6-8-18(15)22)23(27(3,25)26)19-13-16(21)10-9-14(19)2/h5-10,13,17H,4,11-12H2,1-3H3/t17-/m1/s1. The summed E-state index contributed by atoms with van der Waals surface area (Å²) < 4.78 is 26.6. The number of halogens is 1. The molecule has 7 heteroatoms. The van der Waals surface area contributed by atoms with Crippen LogP contribution in [0, 0.1) is 6.92 Å². The van der Waals surface area contributed by atoms with Crippen molar-refractivity contribution in [3.63, 3.8) is 0 Å². The van der Waals surface area contributed by atoms with E-state index in [9.17, 15) is 13.2 Å². The summed E-state index contributed by atoms with van der Waals surface area (Å²) in [6.45, 7) is 4.19. The van der Waals surface area contributed by atoms with Gasteiger partial charge in [-0.05, 0) is 49.1 Å². The van der Waals surface area contributed by atoms with Crippen LogP contribution >= 0.6 is 11.6 Å². The van der Waals surface area contributed by atoms with Crippen LogP contribution < -0.4 is 9.21 Å². The average Bonchev–Trinajstić information content (AvgIpc) is 3.04. The van der Waals surface area contributed by atoms with E-state index in [1.807, 2.05) is 38.1 Å². The van der Waals surface area contributed by atoms with Gasteiger partial charge in [0.1, 0.15) is 6.04 Å². The Morgan fingerprint density at radius 1 is 1.26 bits per heavy atom. The molecule has 0 saturated carbocycles. The van der Waals surface area contributed by atoms with Gasteiger partial charge in [0.25, 0.3) is 5.91 Å². The molecule has 0 N–H and O–H groups in total. The maximum Gasteiger partial charge on any atom is 0.250 e.